The van der Waals surface area contributed by atoms with Crippen LogP contribution in [-0.2, 0) is 0 Å². The molecule has 2 aromatic carbocycles. The summed E-state index contributed by atoms with van der Waals surface area (Å²) in [7, 11) is 0. The first-order valence-corrected chi connectivity index (χ1v) is 7.50. The Morgan fingerprint density at radius 3 is 2.87 bits per heavy atom. The van der Waals surface area contributed by atoms with Crippen molar-refractivity contribution >= 4 is 44.2 Å². The predicted molar refractivity (Wildman–Crippen MR) is 89.9 cm³/mol. The topological polar surface area (TPSA) is 95.8 Å². The van der Waals surface area contributed by atoms with Crippen LogP contribution in [0.25, 0.3) is 11.0 Å². The Kier molecular flexibility index (Phi) is 4.01. The van der Waals surface area contributed by atoms with Crippen LogP contribution in [0, 0.1) is 12.7 Å². The van der Waals surface area contributed by atoms with Crippen LogP contribution >= 0.6 is 15.9 Å². The summed E-state index contributed by atoms with van der Waals surface area (Å²) in [5.74, 6) is 3.98. The minimum atomic E-state index is -0.621. The number of rotatable bonds is 3. The summed E-state index contributed by atoms with van der Waals surface area (Å²) in [6.07, 6.45) is 1.37. The summed E-state index contributed by atoms with van der Waals surface area (Å²) in [5, 5.41) is 2.97. The number of H-pyrrole nitrogens is 1. The summed E-state index contributed by atoms with van der Waals surface area (Å²) >= 11 is 3.38. The summed E-state index contributed by atoms with van der Waals surface area (Å²) < 4.78 is 15.7. The number of nitrogen functional groups attached to an aromatic ring is 1. The van der Waals surface area contributed by atoms with Gasteiger partial charge in [0.15, 0.2) is 5.82 Å². The first-order valence-electron chi connectivity index (χ1n) is 6.71. The number of imidazole rings is 1. The standard InChI is InChI=1S/C15H13BrFN5O/c1-7-4-8(16)2-3-10(7)21-13-9(15(23)22-18)5-11-14(12(13)17)20-6-19-11/h2-6,21H,18H2,1H3,(H,19,20)(H,22,23). The molecule has 5 N–H and O–H groups in total. The second-order valence-electron chi connectivity index (χ2n) is 4.97. The first kappa shape index (κ1) is 15.4. The highest BCUT2D eigenvalue weighted by atomic mass is 79.9. The van der Waals surface area contributed by atoms with E-state index in [0.717, 1.165) is 10.0 Å². The van der Waals surface area contributed by atoms with Crippen molar-refractivity contribution in [2.75, 3.05) is 5.32 Å². The normalized spacial score (nSPS) is 10.8. The zero-order chi connectivity index (χ0) is 16.6. The van der Waals surface area contributed by atoms with E-state index in [0.29, 0.717) is 11.2 Å². The van der Waals surface area contributed by atoms with E-state index in [1.54, 1.807) is 6.07 Å². The third kappa shape index (κ3) is 2.78. The van der Waals surface area contributed by atoms with Gasteiger partial charge in [0.25, 0.3) is 5.91 Å². The molecule has 1 amide bonds. The number of hydrazine groups is 1. The summed E-state index contributed by atoms with van der Waals surface area (Å²) in [4.78, 5) is 18.7. The van der Waals surface area contributed by atoms with Gasteiger partial charge in [-0.2, -0.15) is 0 Å². The molecule has 0 aliphatic carbocycles. The van der Waals surface area contributed by atoms with Gasteiger partial charge >= 0.3 is 0 Å². The Hall–Kier alpha value is -2.45. The number of halogens is 2. The minimum Gasteiger partial charge on any atom is -0.352 e. The molecular formula is C15H13BrFN5O. The van der Waals surface area contributed by atoms with Gasteiger partial charge in [-0.3, -0.25) is 10.2 Å². The number of aromatic nitrogens is 2. The molecule has 1 heterocycles. The third-order valence-corrected chi connectivity index (χ3v) is 3.97. The van der Waals surface area contributed by atoms with Crippen LogP contribution in [0.15, 0.2) is 35.1 Å². The van der Waals surface area contributed by atoms with Crippen molar-refractivity contribution in [1.82, 2.24) is 15.4 Å². The molecule has 0 saturated carbocycles. The van der Waals surface area contributed by atoms with Crippen LogP contribution in [0.1, 0.15) is 15.9 Å². The number of fused-ring (bicyclic) bond motifs is 1. The molecule has 0 aliphatic heterocycles. The second-order valence-corrected chi connectivity index (χ2v) is 5.89. The van der Waals surface area contributed by atoms with Gasteiger partial charge in [0.2, 0.25) is 0 Å². The smallest absolute Gasteiger partial charge is 0.267 e. The summed E-state index contributed by atoms with van der Waals surface area (Å²) in [6, 6.07) is 7.00. The van der Waals surface area contributed by atoms with E-state index in [9.17, 15) is 9.18 Å². The highest BCUT2D eigenvalue weighted by Gasteiger charge is 2.20. The molecule has 3 aromatic rings. The molecule has 0 fully saturated rings. The van der Waals surface area contributed by atoms with Crippen molar-refractivity contribution < 1.29 is 9.18 Å². The summed E-state index contributed by atoms with van der Waals surface area (Å²) in [5.41, 5.74) is 4.27. The van der Waals surface area contributed by atoms with Gasteiger partial charge in [0, 0.05) is 10.2 Å². The number of hydrogen-bond acceptors (Lipinski definition) is 4. The van der Waals surface area contributed by atoms with E-state index in [1.165, 1.54) is 12.4 Å². The molecule has 8 heteroatoms. The molecule has 0 radical (unpaired) electrons. The molecule has 0 unspecified atom stereocenters. The first-order chi connectivity index (χ1) is 11.0. The predicted octanol–water partition coefficient (Wildman–Crippen LogP) is 3.12. The quantitative estimate of drug-likeness (QED) is 0.320. The van der Waals surface area contributed by atoms with Crippen molar-refractivity contribution in [3.8, 4) is 0 Å². The maximum atomic E-state index is 14.8. The number of carbonyl (C=O) groups excluding carboxylic acids is 1. The van der Waals surface area contributed by atoms with Crippen molar-refractivity contribution in [3.05, 3.63) is 52.0 Å². The lowest BCUT2D eigenvalue weighted by molar-refractivity contribution is 0.0954. The maximum absolute atomic E-state index is 14.8. The number of nitrogens with two attached hydrogens (primary N) is 1. The molecule has 3 rings (SSSR count). The van der Waals surface area contributed by atoms with E-state index in [-0.39, 0.29) is 16.8 Å². The number of aryl methyl sites for hydroxylation is 1. The van der Waals surface area contributed by atoms with E-state index >= 15 is 0 Å². The summed E-state index contributed by atoms with van der Waals surface area (Å²) in [6.45, 7) is 1.88. The van der Waals surface area contributed by atoms with E-state index in [2.05, 4.69) is 31.2 Å². The van der Waals surface area contributed by atoms with Crippen LogP contribution in [0.4, 0.5) is 15.8 Å². The number of aromatic amines is 1. The molecule has 118 valence electrons. The van der Waals surface area contributed by atoms with E-state index in [4.69, 9.17) is 5.84 Å². The Labute approximate surface area is 139 Å². The Balaban J connectivity index is 2.17. The van der Waals surface area contributed by atoms with Crippen LogP contribution in [0.2, 0.25) is 0 Å². The number of benzene rings is 2. The number of nitrogens with zero attached hydrogens (tertiary/aromatic N) is 1. The van der Waals surface area contributed by atoms with Crippen molar-refractivity contribution in [2.24, 2.45) is 5.84 Å². The Morgan fingerprint density at radius 1 is 1.39 bits per heavy atom. The molecule has 0 spiro atoms. The monoisotopic (exact) mass is 377 g/mol. The lowest BCUT2D eigenvalue weighted by Gasteiger charge is -2.14. The Bertz CT molecular complexity index is 908. The number of anilines is 2. The molecule has 1 aromatic heterocycles. The molecule has 0 aliphatic rings. The maximum Gasteiger partial charge on any atom is 0.267 e. The van der Waals surface area contributed by atoms with Crippen LogP contribution in [-0.4, -0.2) is 15.9 Å². The third-order valence-electron chi connectivity index (χ3n) is 3.48. The fourth-order valence-corrected chi connectivity index (χ4v) is 2.80. The SMILES string of the molecule is Cc1cc(Br)ccc1Nc1c(C(=O)NN)cc2[nH]cnc2c1F. The lowest BCUT2D eigenvalue weighted by atomic mass is 10.1. The van der Waals surface area contributed by atoms with Crippen molar-refractivity contribution in [3.63, 3.8) is 0 Å². The fraction of sp³-hybridized carbons (Fsp3) is 0.0667. The number of nitrogens with one attached hydrogen (secondary N) is 3. The Morgan fingerprint density at radius 2 is 2.17 bits per heavy atom. The second kappa shape index (κ2) is 5.98. The lowest BCUT2D eigenvalue weighted by Crippen LogP contribution is -2.30. The molecule has 23 heavy (non-hydrogen) atoms. The molecule has 0 saturated heterocycles. The highest BCUT2D eigenvalue weighted by Crippen LogP contribution is 2.31. The molecule has 0 atom stereocenters. The van der Waals surface area contributed by atoms with Gasteiger partial charge < -0.3 is 10.3 Å². The van der Waals surface area contributed by atoms with E-state index < -0.39 is 11.7 Å². The average molecular weight is 378 g/mol. The highest BCUT2D eigenvalue weighted by molar-refractivity contribution is 9.10. The number of hydrogen-bond donors (Lipinski definition) is 4. The molecule has 6 nitrogen and oxygen atoms in total. The average Bonchev–Trinajstić information content (AvgIpc) is 3.00. The minimum absolute atomic E-state index is 0.0259. The van der Waals surface area contributed by atoms with Crippen molar-refractivity contribution in [2.45, 2.75) is 6.92 Å². The zero-order valence-electron chi connectivity index (χ0n) is 12.1. The van der Waals surface area contributed by atoms with Gasteiger partial charge in [-0.1, -0.05) is 15.9 Å². The van der Waals surface area contributed by atoms with Gasteiger partial charge in [-0.15, -0.1) is 0 Å². The van der Waals surface area contributed by atoms with Gasteiger partial charge in [-0.25, -0.2) is 15.2 Å². The zero-order valence-corrected chi connectivity index (χ0v) is 13.7. The van der Waals surface area contributed by atoms with E-state index in [1.807, 2.05) is 24.5 Å². The van der Waals surface area contributed by atoms with Crippen LogP contribution in [0.3, 0.4) is 0 Å². The van der Waals surface area contributed by atoms with Gasteiger partial charge in [0.1, 0.15) is 5.52 Å². The van der Waals surface area contributed by atoms with Crippen LogP contribution < -0.4 is 16.6 Å². The fourth-order valence-electron chi connectivity index (χ4n) is 2.32. The molecule has 0 bridgehead atoms. The van der Waals surface area contributed by atoms with Gasteiger partial charge in [-0.05, 0) is 36.8 Å². The number of amides is 1. The molecular weight excluding hydrogens is 365 g/mol. The number of carbonyl (C=O) groups is 1. The van der Waals surface area contributed by atoms with Gasteiger partial charge in [0.05, 0.1) is 23.1 Å². The van der Waals surface area contributed by atoms with Crippen molar-refractivity contribution in [1.29, 1.82) is 0 Å². The van der Waals surface area contributed by atoms with Crippen LogP contribution in [0.5, 0.6) is 0 Å². The largest absolute Gasteiger partial charge is 0.352 e.